The third-order valence-corrected chi connectivity index (χ3v) is 5.43. The van der Waals surface area contributed by atoms with Crippen LogP contribution in [0.2, 0.25) is 0 Å². The van der Waals surface area contributed by atoms with E-state index in [-0.39, 0.29) is 30.4 Å². The number of rotatable bonds is 6. The predicted molar refractivity (Wildman–Crippen MR) is 108 cm³/mol. The molecule has 1 aromatic heterocycles. The Morgan fingerprint density at radius 1 is 0.966 bits per heavy atom. The fraction of sp³-hybridized carbons (Fsp3) is 0.190. The third-order valence-electron chi connectivity index (χ3n) is 4.22. The molecule has 0 aliphatic carbocycles. The summed E-state index contributed by atoms with van der Waals surface area (Å²) in [5.41, 5.74) is 2.00. The molecular weight excluding hydrogens is 396 g/mol. The van der Waals surface area contributed by atoms with Crippen LogP contribution in [0.15, 0.2) is 42.5 Å². The van der Waals surface area contributed by atoms with Gasteiger partial charge in [-0.2, -0.15) is 0 Å². The van der Waals surface area contributed by atoms with Crippen molar-refractivity contribution in [3.05, 3.63) is 75.8 Å². The first kappa shape index (κ1) is 20.6. The number of nitrogens with zero attached hydrogens (tertiary/aromatic N) is 1. The first-order chi connectivity index (χ1) is 13.8. The van der Waals surface area contributed by atoms with Gasteiger partial charge in [0.2, 0.25) is 0 Å². The lowest BCUT2D eigenvalue weighted by molar-refractivity contribution is 0.0929. The average Bonchev–Trinajstić information content (AvgIpc) is 3.09. The second kappa shape index (κ2) is 8.91. The molecule has 3 aromatic rings. The van der Waals surface area contributed by atoms with Gasteiger partial charge in [-0.3, -0.25) is 9.59 Å². The number of halogens is 2. The summed E-state index contributed by atoms with van der Waals surface area (Å²) < 4.78 is 26.6. The second-order valence-corrected chi connectivity index (χ2v) is 7.42. The summed E-state index contributed by atoms with van der Waals surface area (Å²) in [7, 11) is 0. The van der Waals surface area contributed by atoms with Gasteiger partial charge in [-0.1, -0.05) is 6.07 Å². The number of benzene rings is 2. The molecule has 8 heteroatoms. The Hall–Kier alpha value is -3.13. The van der Waals surface area contributed by atoms with E-state index in [1.165, 1.54) is 35.6 Å². The van der Waals surface area contributed by atoms with Crippen LogP contribution in [0, 0.1) is 25.5 Å². The molecule has 0 unspecified atom stereocenters. The number of carbonyl (C=O) groups is 2. The Morgan fingerprint density at radius 3 is 2.28 bits per heavy atom. The van der Waals surface area contributed by atoms with Gasteiger partial charge in [-0.25, -0.2) is 13.8 Å². The Labute approximate surface area is 170 Å². The molecule has 150 valence electrons. The van der Waals surface area contributed by atoms with E-state index in [1.54, 1.807) is 32.0 Å². The normalized spacial score (nSPS) is 10.6. The number of aromatic nitrogens is 1. The smallest absolute Gasteiger partial charge is 0.263 e. The number of aryl methyl sites for hydroxylation is 2. The summed E-state index contributed by atoms with van der Waals surface area (Å²) in [5.74, 6) is -1.49. The third kappa shape index (κ3) is 5.03. The molecular formula is C21H19F2N3O2S. The van der Waals surface area contributed by atoms with E-state index in [4.69, 9.17) is 0 Å². The van der Waals surface area contributed by atoms with Gasteiger partial charge < -0.3 is 10.6 Å². The van der Waals surface area contributed by atoms with Crippen LogP contribution in [0.3, 0.4) is 0 Å². The highest BCUT2D eigenvalue weighted by Crippen LogP contribution is 2.27. The number of carbonyl (C=O) groups excluding carboxylic acids is 2. The second-order valence-electron chi connectivity index (χ2n) is 6.42. The van der Waals surface area contributed by atoms with Crippen molar-refractivity contribution in [1.82, 2.24) is 15.6 Å². The van der Waals surface area contributed by atoms with Crippen molar-refractivity contribution >= 4 is 23.2 Å². The average molecular weight is 415 g/mol. The fourth-order valence-corrected chi connectivity index (χ4v) is 3.58. The molecule has 0 saturated heterocycles. The summed E-state index contributed by atoms with van der Waals surface area (Å²) in [6.07, 6.45) is 0. The van der Waals surface area contributed by atoms with Gasteiger partial charge in [0.1, 0.15) is 21.5 Å². The minimum atomic E-state index is -0.441. The van der Waals surface area contributed by atoms with Crippen molar-refractivity contribution in [2.45, 2.75) is 13.8 Å². The first-order valence-corrected chi connectivity index (χ1v) is 9.72. The van der Waals surface area contributed by atoms with Gasteiger partial charge in [0.25, 0.3) is 11.8 Å². The molecule has 0 saturated carbocycles. The molecule has 0 spiro atoms. The van der Waals surface area contributed by atoms with Crippen molar-refractivity contribution in [1.29, 1.82) is 0 Å². The molecule has 0 aliphatic rings. The Morgan fingerprint density at radius 2 is 1.62 bits per heavy atom. The van der Waals surface area contributed by atoms with Crippen LogP contribution in [0.1, 0.15) is 31.3 Å². The molecule has 0 atom stereocenters. The molecule has 0 radical (unpaired) electrons. The summed E-state index contributed by atoms with van der Waals surface area (Å²) in [4.78, 5) is 29.3. The number of nitrogens with one attached hydrogen (secondary N) is 2. The van der Waals surface area contributed by atoms with Crippen LogP contribution >= 0.6 is 11.3 Å². The van der Waals surface area contributed by atoms with Gasteiger partial charge >= 0.3 is 0 Å². The quantitative estimate of drug-likeness (QED) is 0.601. The molecule has 0 fully saturated rings. The summed E-state index contributed by atoms with van der Waals surface area (Å²) in [6, 6.07) is 10.2. The molecule has 2 amide bonds. The fourth-order valence-electron chi connectivity index (χ4n) is 2.59. The predicted octanol–water partition coefficient (Wildman–Crippen LogP) is 3.86. The molecule has 29 heavy (non-hydrogen) atoms. The van der Waals surface area contributed by atoms with Crippen LogP contribution < -0.4 is 10.6 Å². The highest BCUT2D eigenvalue weighted by Gasteiger charge is 2.16. The van der Waals surface area contributed by atoms with Gasteiger partial charge in [-0.05, 0) is 55.8 Å². The summed E-state index contributed by atoms with van der Waals surface area (Å²) >= 11 is 1.22. The van der Waals surface area contributed by atoms with E-state index in [0.717, 1.165) is 5.56 Å². The monoisotopic (exact) mass is 415 g/mol. The maximum absolute atomic E-state index is 13.5. The Balaban J connectivity index is 1.53. The maximum atomic E-state index is 13.5. The van der Waals surface area contributed by atoms with Gasteiger partial charge in [0.05, 0.1) is 5.69 Å². The topological polar surface area (TPSA) is 71.1 Å². The highest BCUT2D eigenvalue weighted by atomic mass is 32.1. The SMILES string of the molecule is Cc1ccc(C(=O)NCCNC(=O)c2sc(-c3ccc(F)cc3)nc2C)cc1F. The van der Waals surface area contributed by atoms with Crippen molar-refractivity contribution in [2.24, 2.45) is 0 Å². The van der Waals surface area contributed by atoms with E-state index in [9.17, 15) is 18.4 Å². The van der Waals surface area contributed by atoms with Crippen LogP contribution in [-0.2, 0) is 0 Å². The van der Waals surface area contributed by atoms with Crippen LogP contribution in [-0.4, -0.2) is 29.9 Å². The van der Waals surface area contributed by atoms with Gasteiger partial charge in [0.15, 0.2) is 0 Å². The zero-order valence-corrected chi connectivity index (χ0v) is 16.7. The summed E-state index contributed by atoms with van der Waals surface area (Å²) in [6.45, 7) is 3.76. The van der Waals surface area contributed by atoms with Crippen molar-refractivity contribution < 1.29 is 18.4 Å². The summed E-state index contributed by atoms with van der Waals surface area (Å²) in [5, 5.41) is 5.99. The van der Waals surface area contributed by atoms with E-state index in [1.807, 2.05) is 0 Å². The lowest BCUT2D eigenvalue weighted by atomic mass is 10.1. The number of amides is 2. The minimum absolute atomic E-state index is 0.197. The number of thiazole rings is 1. The Bertz CT molecular complexity index is 1050. The Kier molecular flexibility index (Phi) is 6.33. The number of hydrogen-bond acceptors (Lipinski definition) is 4. The largest absolute Gasteiger partial charge is 0.350 e. The van der Waals surface area contributed by atoms with Crippen molar-refractivity contribution in [2.75, 3.05) is 13.1 Å². The van der Waals surface area contributed by atoms with E-state index < -0.39 is 11.7 Å². The van der Waals surface area contributed by atoms with Gasteiger partial charge in [-0.15, -0.1) is 11.3 Å². The van der Waals surface area contributed by atoms with Gasteiger partial charge in [0, 0.05) is 24.2 Å². The molecule has 1 heterocycles. The standard InChI is InChI=1S/C21H19F2N3O2S/c1-12-3-4-15(11-17(12)23)19(27)24-9-10-25-20(28)18-13(2)26-21(29-18)14-5-7-16(22)8-6-14/h3-8,11H,9-10H2,1-2H3,(H,24,27)(H,25,28). The van der Waals surface area contributed by atoms with E-state index >= 15 is 0 Å². The molecule has 2 aromatic carbocycles. The maximum Gasteiger partial charge on any atom is 0.263 e. The van der Waals surface area contributed by atoms with Crippen molar-refractivity contribution in [3.8, 4) is 10.6 Å². The zero-order chi connectivity index (χ0) is 21.0. The zero-order valence-electron chi connectivity index (χ0n) is 15.9. The van der Waals surface area contributed by atoms with Crippen LogP contribution in [0.5, 0.6) is 0 Å². The van der Waals surface area contributed by atoms with Crippen LogP contribution in [0.25, 0.3) is 10.6 Å². The van der Waals surface area contributed by atoms with E-state index in [2.05, 4.69) is 15.6 Å². The lowest BCUT2D eigenvalue weighted by Gasteiger charge is -2.07. The molecule has 0 aliphatic heterocycles. The molecule has 3 rings (SSSR count). The molecule has 0 bridgehead atoms. The highest BCUT2D eigenvalue weighted by molar-refractivity contribution is 7.17. The first-order valence-electron chi connectivity index (χ1n) is 8.91. The van der Waals surface area contributed by atoms with E-state index in [0.29, 0.717) is 21.1 Å². The lowest BCUT2D eigenvalue weighted by Crippen LogP contribution is -2.34. The minimum Gasteiger partial charge on any atom is -0.350 e. The van der Waals surface area contributed by atoms with Crippen LogP contribution in [0.4, 0.5) is 8.78 Å². The van der Waals surface area contributed by atoms with Crippen molar-refractivity contribution in [3.63, 3.8) is 0 Å². The molecule has 2 N–H and O–H groups in total. The number of hydrogen-bond donors (Lipinski definition) is 2. The molecule has 5 nitrogen and oxygen atoms in total.